The van der Waals surface area contributed by atoms with Crippen molar-refractivity contribution in [1.29, 1.82) is 0 Å². The first-order chi connectivity index (χ1) is 14.6. The molecule has 0 aliphatic carbocycles. The van der Waals surface area contributed by atoms with E-state index in [1.165, 1.54) is 12.1 Å². The van der Waals surface area contributed by atoms with E-state index in [4.69, 9.17) is 4.74 Å². The molecule has 0 unspecified atom stereocenters. The van der Waals surface area contributed by atoms with Gasteiger partial charge in [0.05, 0.1) is 18.3 Å². The molecule has 150 valence electrons. The highest BCUT2D eigenvalue weighted by molar-refractivity contribution is 5.98. The second kappa shape index (κ2) is 7.30. The van der Waals surface area contributed by atoms with E-state index in [0.717, 1.165) is 33.2 Å². The smallest absolute Gasteiger partial charge is 0.254 e. The summed E-state index contributed by atoms with van der Waals surface area (Å²) >= 11 is 0. The highest BCUT2D eigenvalue weighted by Crippen LogP contribution is 2.39. The Hall–Kier alpha value is -3.67. The molecule has 0 saturated carbocycles. The van der Waals surface area contributed by atoms with Crippen LogP contribution in [-0.2, 0) is 13.0 Å². The van der Waals surface area contributed by atoms with Gasteiger partial charge in [0.15, 0.2) is 0 Å². The van der Waals surface area contributed by atoms with Crippen LogP contribution in [0.15, 0.2) is 60.8 Å². The van der Waals surface area contributed by atoms with Crippen molar-refractivity contribution in [3.63, 3.8) is 0 Å². The minimum Gasteiger partial charge on any atom is -0.492 e. The Morgan fingerprint density at radius 3 is 2.93 bits per heavy atom. The number of hydrogen-bond donors (Lipinski definition) is 1. The van der Waals surface area contributed by atoms with Crippen molar-refractivity contribution in [2.45, 2.75) is 13.0 Å². The normalized spacial score (nSPS) is 12.6. The van der Waals surface area contributed by atoms with Crippen LogP contribution in [0, 0.1) is 5.82 Å². The molecule has 6 heteroatoms. The summed E-state index contributed by atoms with van der Waals surface area (Å²) in [7, 11) is 1.79. The third kappa shape index (κ3) is 3.10. The number of ether oxygens (including phenoxy) is 1. The maximum absolute atomic E-state index is 13.7. The third-order valence-corrected chi connectivity index (χ3v) is 5.54. The van der Waals surface area contributed by atoms with Crippen LogP contribution in [0.4, 0.5) is 4.39 Å². The van der Waals surface area contributed by atoms with E-state index in [0.29, 0.717) is 30.9 Å². The largest absolute Gasteiger partial charge is 0.492 e. The van der Waals surface area contributed by atoms with Crippen molar-refractivity contribution < 1.29 is 13.9 Å². The maximum Gasteiger partial charge on any atom is 0.254 e. The first-order valence-corrected chi connectivity index (χ1v) is 9.83. The van der Waals surface area contributed by atoms with Crippen LogP contribution in [0.5, 0.6) is 5.75 Å². The van der Waals surface area contributed by atoms with Gasteiger partial charge in [0.25, 0.3) is 5.91 Å². The molecular weight excluding hydrogens is 381 g/mol. The zero-order valence-corrected chi connectivity index (χ0v) is 16.5. The van der Waals surface area contributed by atoms with Gasteiger partial charge in [-0.25, -0.2) is 4.39 Å². The minimum absolute atomic E-state index is 0.0703. The number of nitrogens with one attached hydrogen (secondary N) is 1. The summed E-state index contributed by atoms with van der Waals surface area (Å²) in [6.07, 6.45) is 2.43. The van der Waals surface area contributed by atoms with Gasteiger partial charge in [-0.3, -0.25) is 9.89 Å². The number of halogens is 1. The lowest BCUT2D eigenvalue weighted by Crippen LogP contribution is -2.27. The highest BCUT2D eigenvalue weighted by Gasteiger charge is 2.26. The standard InChI is InChI=1S/C24H20FN3O2/c1-28(14-17-6-2-5-16-13-26-27-22(16)17)24(29)21-9-8-19(23-20(21)10-11-30-23)15-4-3-7-18(25)12-15/h2-9,12-13H,10-11,14H2,1H3,(H,26,27). The van der Waals surface area contributed by atoms with Crippen LogP contribution in [0.2, 0.25) is 0 Å². The van der Waals surface area contributed by atoms with Crippen LogP contribution in [0.1, 0.15) is 21.5 Å². The van der Waals surface area contributed by atoms with Gasteiger partial charge < -0.3 is 9.64 Å². The number of para-hydroxylation sites is 1. The van der Waals surface area contributed by atoms with Gasteiger partial charge in [0.1, 0.15) is 11.6 Å². The van der Waals surface area contributed by atoms with Crippen molar-refractivity contribution in [3.05, 3.63) is 83.3 Å². The van der Waals surface area contributed by atoms with E-state index in [-0.39, 0.29) is 11.7 Å². The summed E-state index contributed by atoms with van der Waals surface area (Å²) in [5.41, 5.74) is 5.00. The van der Waals surface area contributed by atoms with E-state index < -0.39 is 0 Å². The molecule has 2 heterocycles. The Morgan fingerprint density at radius 1 is 1.20 bits per heavy atom. The molecule has 1 aromatic heterocycles. The second-order valence-electron chi connectivity index (χ2n) is 7.49. The van der Waals surface area contributed by atoms with Gasteiger partial charge in [-0.15, -0.1) is 0 Å². The Kier molecular flexibility index (Phi) is 4.47. The molecule has 0 atom stereocenters. The van der Waals surface area contributed by atoms with E-state index in [1.54, 1.807) is 24.2 Å². The summed E-state index contributed by atoms with van der Waals surface area (Å²) in [4.78, 5) is 15.0. The van der Waals surface area contributed by atoms with Crippen molar-refractivity contribution in [2.75, 3.05) is 13.7 Å². The Morgan fingerprint density at radius 2 is 2.07 bits per heavy atom. The van der Waals surface area contributed by atoms with Crippen LogP contribution >= 0.6 is 0 Å². The third-order valence-electron chi connectivity index (χ3n) is 5.54. The minimum atomic E-state index is -0.299. The van der Waals surface area contributed by atoms with Gasteiger partial charge in [0, 0.05) is 42.1 Å². The fourth-order valence-electron chi connectivity index (χ4n) is 4.07. The molecule has 1 aliphatic heterocycles. The maximum atomic E-state index is 13.7. The van der Waals surface area contributed by atoms with Gasteiger partial charge >= 0.3 is 0 Å². The summed E-state index contributed by atoms with van der Waals surface area (Å²) in [6.45, 7) is 0.971. The lowest BCUT2D eigenvalue weighted by atomic mass is 9.96. The first-order valence-electron chi connectivity index (χ1n) is 9.83. The SMILES string of the molecule is CN(Cc1cccc2cn[nH]c12)C(=O)c1ccc(-c2cccc(F)c2)c2c1CCO2. The fourth-order valence-corrected chi connectivity index (χ4v) is 4.07. The Bertz CT molecular complexity index is 1260. The number of fused-ring (bicyclic) bond motifs is 2. The molecule has 0 spiro atoms. The van der Waals surface area contributed by atoms with Crippen LogP contribution in [0.3, 0.4) is 0 Å². The molecule has 1 aliphatic rings. The number of rotatable bonds is 4. The van der Waals surface area contributed by atoms with Crippen molar-refractivity contribution in [2.24, 2.45) is 0 Å². The molecule has 5 nitrogen and oxygen atoms in total. The number of carbonyl (C=O) groups excluding carboxylic acids is 1. The predicted molar refractivity (Wildman–Crippen MR) is 113 cm³/mol. The first kappa shape index (κ1) is 18.4. The average molecular weight is 401 g/mol. The molecule has 1 N–H and O–H groups in total. The Labute approximate surface area is 173 Å². The molecule has 0 fully saturated rings. The monoisotopic (exact) mass is 401 g/mol. The quantitative estimate of drug-likeness (QED) is 0.545. The van der Waals surface area contributed by atoms with Crippen molar-refractivity contribution in [3.8, 4) is 16.9 Å². The summed E-state index contributed by atoms with van der Waals surface area (Å²) in [6, 6.07) is 16.0. The van der Waals surface area contributed by atoms with E-state index >= 15 is 0 Å². The van der Waals surface area contributed by atoms with Crippen molar-refractivity contribution in [1.82, 2.24) is 15.1 Å². The fraction of sp³-hybridized carbons (Fsp3) is 0.167. The Balaban J connectivity index is 1.47. The molecule has 4 aromatic rings. The number of hydrogen-bond acceptors (Lipinski definition) is 3. The second-order valence-corrected chi connectivity index (χ2v) is 7.49. The molecule has 0 bridgehead atoms. The molecule has 3 aromatic carbocycles. The number of aromatic amines is 1. The number of carbonyl (C=O) groups is 1. The number of amides is 1. The van der Waals surface area contributed by atoms with E-state index in [1.807, 2.05) is 36.4 Å². The summed E-state index contributed by atoms with van der Waals surface area (Å²) in [5, 5.41) is 8.11. The van der Waals surface area contributed by atoms with Crippen LogP contribution in [0.25, 0.3) is 22.0 Å². The van der Waals surface area contributed by atoms with Crippen molar-refractivity contribution >= 4 is 16.8 Å². The molecule has 5 rings (SSSR count). The molecule has 1 amide bonds. The van der Waals surface area contributed by atoms with Gasteiger partial charge in [-0.1, -0.05) is 30.3 Å². The van der Waals surface area contributed by atoms with Crippen LogP contribution < -0.4 is 4.74 Å². The predicted octanol–water partition coefficient (Wildman–Crippen LogP) is 4.58. The number of nitrogens with zero attached hydrogens (tertiary/aromatic N) is 2. The lowest BCUT2D eigenvalue weighted by molar-refractivity contribution is 0.0784. The van der Waals surface area contributed by atoms with Gasteiger partial charge in [-0.05, 0) is 35.4 Å². The molecule has 0 radical (unpaired) electrons. The van der Waals surface area contributed by atoms with E-state index in [2.05, 4.69) is 10.2 Å². The summed E-state index contributed by atoms with van der Waals surface area (Å²) < 4.78 is 19.6. The van der Waals surface area contributed by atoms with Gasteiger partial charge in [0.2, 0.25) is 0 Å². The molecule has 0 saturated heterocycles. The number of aromatic nitrogens is 2. The topological polar surface area (TPSA) is 58.2 Å². The zero-order valence-electron chi connectivity index (χ0n) is 16.5. The lowest BCUT2D eigenvalue weighted by Gasteiger charge is -2.20. The molecular formula is C24H20FN3O2. The number of H-pyrrole nitrogens is 1. The van der Waals surface area contributed by atoms with Crippen LogP contribution in [-0.4, -0.2) is 34.7 Å². The average Bonchev–Trinajstić information content (AvgIpc) is 3.42. The van der Waals surface area contributed by atoms with E-state index in [9.17, 15) is 9.18 Å². The molecule has 30 heavy (non-hydrogen) atoms. The number of benzene rings is 3. The zero-order chi connectivity index (χ0) is 20.7. The van der Waals surface area contributed by atoms with Gasteiger partial charge in [-0.2, -0.15) is 5.10 Å². The highest BCUT2D eigenvalue weighted by atomic mass is 19.1. The summed E-state index contributed by atoms with van der Waals surface area (Å²) in [5.74, 6) is 0.307.